The highest BCUT2D eigenvalue weighted by Crippen LogP contribution is 2.21. The van der Waals surface area contributed by atoms with Crippen molar-refractivity contribution in [3.8, 4) is 0 Å². The van der Waals surface area contributed by atoms with Crippen LogP contribution in [0.25, 0.3) is 10.8 Å². The Kier molecular flexibility index (Phi) is 8.44. The maximum Gasteiger partial charge on any atom is 0.410 e. The van der Waals surface area contributed by atoms with Gasteiger partial charge in [0.05, 0.1) is 4.90 Å². The molecule has 3 N–H and O–H groups in total. The van der Waals surface area contributed by atoms with Gasteiger partial charge in [-0.1, -0.05) is 19.9 Å². The van der Waals surface area contributed by atoms with Crippen molar-refractivity contribution in [2.24, 2.45) is 5.92 Å². The molecule has 0 saturated carbocycles. The fourth-order valence-corrected chi connectivity index (χ4v) is 4.75. The summed E-state index contributed by atoms with van der Waals surface area (Å²) in [5.74, 6) is -0.151. The predicted octanol–water partition coefficient (Wildman–Crippen LogP) is 2.45. The molecular formula is C22H33N3O6S. The fraction of sp³-hybridized carbons (Fsp3) is 0.545. The second-order valence-electron chi connectivity index (χ2n) is 9.00. The van der Waals surface area contributed by atoms with E-state index in [-0.39, 0.29) is 41.5 Å². The van der Waals surface area contributed by atoms with Gasteiger partial charge in [-0.15, -0.1) is 0 Å². The van der Waals surface area contributed by atoms with Gasteiger partial charge in [-0.2, -0.15) is 0 Å². The van der Waals surface area contributed by atoms with Gasteiger partial charge in [-0.25, -0.2) is 17.9 Å². The van der Waals surface area contributed by atoms with Crippen molar-refractivity contribution in [2.75, 3.05) is 19.7 Å². The molecule has 1 atom stereocenters. The molecule has 0 spiro atoms. The number of ether oxygens (including phenoxy) is 1. The number of aliphatic hydroxyl groups excluding tert-OH is 1. The molecule has 2 rings (SSSR count). The molecule has 0 aliphatic carbocycles. The Labute approximate surface area is 188 Å². The van der Waals surface area contributed by atoms with Gasteiger partial charge in [-0.3, -0.25) is 4.79 Å². The summed E-state index contributed by atoms with van der Waals surface area (Å²) in [6.07, 6.45) is 1.17. The smallest absolute Gasteiger partial charge is 0.410 e. The van der Waals surface area contributed by atoms with Crippen molar-refractivity contribution in [2.45, 2.75) is 57.6 Å². The van der Waals surface area contributed by atoms with Crippen molar-refractivity contribution >= 4 is 26.9 Å². The second kappa shape index (κ2) is 10.5. The highest BCUT2D eigenvalue weighted by molar-refractivity contribution is 7.89. The number of amides is 1. The first kappa shape index (κ1) is 25.8. The molecule has 2 aromatic rings. The van der Waals surface area contributed by atoms with Gasteiger partial charge in [0.15, 0.2) is 0 Å². The van der Waals surface area contributed by atoms with E-state index in [1.54, 1.807) is 32.9 Å². The summed E-state index contributed by atoms with van der Waals surface area (Å²) in [4.78, 5) is 28.7. The summed E-state index contributed by atoms with van der Waals surface area (Å²) in [6, 6.07) is 5.45. The van der Waals surface area contributed by atoms with Crippen molar-refractivity contribution < 1.29 is 23.1 Å². The summed E-state index contributed by atoms with van der Waals surface area (Å²) in [6.45, 7) is 9.12. The van der Waals surface area contributed by atoms with Crippen molar-refractivity contribution in [1.82, 2.24) is 14.6 Å². The molecule has 0 fully saturated rings. The van der Waals surface area contributed by atoms with E-state index in [0.717, 1.165) is 0 Å². The summed E-state index contributed by atoms with van der Waals surface area (Å²) < 4.78 is 34.7. The van der Waals surface area contributed by atoms with E-state index in [4.69, 9.17) is 4.74 Å². The molecule has 1 aromatic heterocycles. The minimum absolute atomic E-state index is 0.00840. The van der Waals surface area contributed by atoms with Crippen LogP contribution in [0.5, 0.6) is 0 Å². The molecule has 0 aliphatic heterocycles. The highest BCUT2D eigenvalue weighted by atomic mass is 32.2. The lowest BCUT2D eigenvalue weighted by Crippen LogP contribution is -2.49. The maximum atomic E-state index is 13.3. The van der Waals surface area contributed by atoms with Gasteiger partial charge in [-0.05, 0) is 51.3 Å². The molecule has 0 aliphatic rings. The van der Waals surface area contributed by atoms with Crippen LogP contribution in [-0.2, 0) is 14.8 Å². The fourth-order valence-electron chi connectivity index (χ4n) is 3.16. The number of hydrogen-bond donors (Lipinski definition) is 3. The number of aliphatic hydroxyl groups is 1. The number of H-pyrrole nitrogens is 1. The molecule has 1 unspecified atom stereocenters. The zero-order valence-corrected chi connectivity index (χ0v) is 20.0. The quantitative estimate of drug-likeness (QED) is 0.520. The van der Waals surface area contributed by atoms with E-state index in [1.807, 2.05) is 13.8 Å². The van der Waals surface area contributed by atoms with E-state index in [1.165, 1.54) is 23.2 Å². The van der Waals surface area contributed by atoms with Gasteiger partial charge < -0.3 is 19.7 Å². The van der Waals surface area contributed by atoms with Crippen LogP contribution in [-0.4, -0.2) is 60.8 Å². The molecule has 9 nitrogen and oxygen atoms in total. The van der Waals surface area contributed by atoms with Crippen molar-refractivity contribution in [3.05, 3.63) is 40.8 Å². The Morgan fingerprint density at radius 1 is 1.22 bits per heavy atom. The summed E-state index contributed by atoms with van der Waals surface area (Å²) in [7, 11) is -4.01. The number of fused-ring (bicyclic) bond motifs is 1. The Balaban J connectivity index is 2.34. The van der Waals surface area contributed by atoms with Crippen LogP contribution in [0.3, 0.4) is 0 Å². The topological polar surface area (TPSA) is 129 Å². The molecule has 10 heteroatoms. The highest BCUT2D eigenvalue weighted by Gasteiger charge is 2.29. The number of nitrogens with zero attached hydrogens (tertiary/aromatic N) is 1. The number of sulfonamides is 1. The average Bonchev–Trinajstić information content (AvgIpc) is 2.68. The van der Waals surface area contributed by atoms with E-state index in [2.05, 4.69) is 9.71 Å². The number of carbonyl (C=O) groups is 1. The largest absolute Gasteiger partial charge is 0.444 e. The second-order valence-corrected chi connectivity index (χ2v) is 10.7. The van der Waals surface area contributed by atoms with Gasteiger partial charge in [0.2, 0.25) is 10.0 Å². The van der Waals surface area contributed by atoms with Crippen molar-refractivity contribution in [1.29, 1.82) is 0 Å². The number of nitrogens with one attached hydrogen (secondary N) is 2. The molecule has 0 radical (unpaired) electrons. The number of pyridine rings is 1. The molecule has 1 aromatic carbocycles. The predicted molar refractivity (Wildman–Crippen MR) is 123 cm³/mol. The summed E-state index contributed by atoms with van der Waals surface area (Å²) in [5, 5.41) is 9.80. The number of rotatable bonds is 9. The lowest BCUT2D eigenvalue weighted by Gasteiger charge is -2.32. The third kappa shape index (κ3) is 6.78. The van der Waals surface area contributed by atoms with Crippen LogP contribution in [0.4, 0.5) is 4.79 Å². The lowest BCUT2D eigenvalue weighted by molar-refractivity contribution is 0.0217. The number of benzene rings is 1. The third-order valence-electron chi connectivity index (χ3n) is 4.83. The maximum absolute atomic E-state index is 13.3. The Bertz CT molecular complexity index is 1090. The average molecular weight is 468 g/mol. The zero-order chi connectivity index (χ0) is 24.1. The first-order valence-corrected chi connectivity index (χ1v) is 12.1. The molecular weight excluding hydrogens is 434 g/mol. The van der Waals surface area contributed by atoms with Gasteiger partial charge in [0.1, 0.15) is 5.60 Å². The number of aromatic nitrogens is 1. The molecule has 32 heavy (non-hydrogen) atoms. The Morgan fingerprint density at radius 3 is 2.50 bits per heavy atom. The summed E-state index contributed by atoms with van der Waals surface area (Å²) in [5.41, 5.74) is -1.09. The first-order chi connectivity index (χ1) is 14.9. The van der Waals surface area contributed by atoms with E-state index in [9.17, 15) is 23.1 Å². The molecule has 0 saturated heterocycles. The van der Waals surface area contributed by atoms with E-state index >= 15 is 0 Å². The van der Waals surface area contributed by atoms with Gasteiger partial charge >= 0.3 is 6.09 Å². The number of carbonyl (C=O) groups excluding carboxylic acids is 1. The van der Waals surface area contributed by atoms with Crippen LogP contribution < -0.4 is 10.3 Å². The monoisotopic (exact) mass is 467 g/mol. The lowest BCUT2D eigenvalue weighted by atomic mass is 10.1. The number of aromatic amines is 1. The van der Waals surface area contributed by atoms with Crippen LogP contribution in [0.15, 0.2) is 40.2 Å². The third-order valence-corrected chi connectivity index (χ3v) is 6.38. The zero-order valence-electron chi connectivity index (χ0n) is 19.2. The SMILES string of the molecule is CC(C)C(CN(CCCO)C(=O)OC(C)(C)C)NS(=O)(=O)c1cccc2c(=O)[nH]ccc12. The van der Waals surface area contributed by atoms with Crippen LogP contribution in [0.1, 0.15) is 41.0 Å². The van der Waals surface area contributed by atoms with Crippen LogP contribution >= 0.6 is 0 Å². The molecule has 0 bridgehead atoms. The normalized spacial score (nSPS) is 13.3. The Hall–Kier alpha value is -2.43. The van der Waals surface area contributed by atoms with Crippen molar-refractivity contribution in [3.63, 3.8) is 0 Å². The van der Waals surface area contributed by atoms with Gasteiger partial charge in [0, 0.05) is 42.7 Å². The van der Waals surface area contributed by atoms with Crippen LogP contribution in [0, 0.1) is 5.92 Å². The minimum Gasteiger partial charge on any atom is -0.444 e. The summed E-state index contributed by atoms with van der Waals surface area (Å²) >= 11 is 0. The molecule has 178 valence electrons. The molecule has 1 heterocycles. The van der Waals surface area contributed by atoms with Gasteiger partial charge in [0.25, 0.3) is 5.56 Å². The minimum atomic E-state index is -4.01. The number of hydrogen-bond acceptors (Lipinski definition) is 6. The Morgan fingerprint density at radius 2 is 1.91 bits per heavy atom. The standard InChI is InChI=1S/C22H33N3O6S/c1-15(2)18(14-25(12-7-13-26)21(28)31-22(3,4)5)24-32(29,30)19-9-6-8-17-16(19)10-11-23-20(17)27/h6,8-11,15,18,24,26H,7,12-14H2,1-5H3,(H,23,27). The first-order valence-electron chi connectivity index (χ1n) is 10.6. The van der Waals surface area contributed by atoms with Crippen LogP contribution in [0.2, 0.25) is 0 Å². The van der Waals surface area contributed by atoms with E-state index in [0.29, 0.717) is 11.8 Å². The van der Waals surface area contributed by atoms with E-state index < -0.39 is 27.8 Å². The molecule has 1 amide bonds.